The fraction of sp³-hybridized carbons (Fsp3) is 1.00. The Labute approximate surface area is 101 Å². The van der Waals surface area contributed by atoms with Gasteiger partial charge in [0.05, 0.1) is 0 Å². The van der Waals surface area contributed by atoms with Crippen LogP contribution in [-0.4, -0.2) is 30.1 Å². The summed E-state index contributed by atoms with van der Waals surface area (Å²) >= 11 is 0. The molecule has 1 atom stereocenters. The van der Waals surface area contributed by atoms with E-state index in [0.29, 0.717) is 5.54 Å². The molecule has 1 aliphatic carbocycles. The minimum atomic E-state index is 0.290. The molecule has 94 valence electrons. The van der Waals surface area contributed by atoms with Gasteiger partial charge in [-0.05, 0) is 45.2 Å². The number of rotatable bonds is 4. The molecule has 1 saturated heterocycles. The Morgan fingerprint density at radius 2 is 1.69 bits per heavy atom. The smallest absolute Gasteiger partial charge is 0.0306 e. The summed E-state index contributed by atoms with van der Waals surface area (Å²) in [5.74, 6) is 0.947. The van der Waals surface area contributed by atoms with E-state index < -0.39 is 0 Å². The molecule has 0 amide bonds. The largest absolute Gasteiger partial charge is 0.329 e. The Morgan fingerprint density at radius 1 is 1.06 bits per heavy atom. The number of nitrogens with two attached hydrogens (primary N) is 1. The first kappa shape index (κ1) is 12.4. The van der Waals surface area contributed by atoms with Crippen molar-refractivity contribution >= 4 is 0 Å². The van der Waals surface area contributed by atoms with Crippen molar-refractivity contribution in [1.82, 2.24) is 4.90 Å². The van der Waals surface area contributed by atoms with Crippen molar-refractivity contribution in [1.29, 1.82) is 0 Å². The van der Waals surface area contributed by atoms with Gasteiger partial charge in [0, 0.05) is 12.1 Å². The number of hydrogen-bond donors (Lipinski definition) is 1. The van der Waals surface area contributed by atoms with Crippen LogP contribution in [0.5, 0.6) is 0 Å². The van der Waals surface area contributed by atoms with Gasteiger partial charge in [-0.25, -0.2) is 0 Å². The molecule has 2 N–H and O–H groups in total. The van der Waals surface area contributed by atoms with E-state index >= 15 is 0 Å². The molecular weight excluding hydrogens is 196 g/mol. The lowest BCUT2D eigenvalue weighted by molar-refractivity contribution is 0.101. The van der Waals surface area contributed by atoms with Gasteiger partial charge in [-0.3, -0.25) is 4.90 Å². The quantitative estimate of drug-likeness (QED) is 0.795. The molecule has 0 aromatic carbocycles. The molecule has 2 heteroatoms. The molecule has 16 heavy (non-hydrogen) atoms. The third-order valence-corrected chi connectivity index (χ3v) is 4.76. The van der Waals surface area contributed by atoms with E-state index in [-0.39, 0.29) is 0 Å². The first-order chi connectivity index (χ1) is 7.74. The Hall–Kier alpha value is -0.0800. The van der Waals surface area contributed by atoms with Crippen LogP contribution in [-0.2, 0) is 0 Å². The lowest BCUT2D eigenvalue weighted by Crippen LogP contribution is -2.51. The predicted molar refractivity (Wildman–Crippen MR) is 69.5 cm³/mol. The molecule has 2 nitrogen and oxygen atoms in total. The van der Waals surface area contributed by atoms with Crippen molar-refractivity contribution in [3.8, 4) is 0 Å². The summed E-state index contributed by atoms with van der Waals surface area (Å²) in [7, 11) is 0. The zero-order valence-electron chi connectivity index (χ0n) is 10.9. The average molecular weight is 224 g/mol. The minimum absolute atomic E-state index is 0.290. The Balaban J connectivity index is 1.91. The fourth-order valence-corrected chi connectivity index (χ4v) is 3.61. The number of likely N-dealkylation sites (tertiary alicyclic amines) is 1. The van der Waals surface area contributed by atoms with Crippen molar-refractivity contribution in [3.63, 3.8) is 0 Å². The third-order valence-electron chi connectivity index (χ3n) is 4.76. The minimum Gasteiger partial charge on any atom is -0.329 e. The zero-order chi connectivity index (χ0) is 11.4. The monoisotopic (exact) mass is 224 g/mol. The highest BCUT2D eigenvalue weighted by molar-refractivity contribution is 4.92. The molecule has 0 spiro atoms. The molecule has 1 aliphatic heterocycles. The summed E-state index contributed by atoms with van der Waals surface area (Å²) in [5.41, 5.74) is 6.35. The molecule has 1 heterocycles. The summed E-state index contributed by atoms with van der Waals surface area (Å²) in [6.07, 6.45) is 11.3. The van der Waals surface area contributed by atoms with Crippen LogP contribution in [0.1, 0.15) is 58.3 Å². The number of hydrogen-bond acceptors (Lipinski definition) is 2. The maximum Gasteiger partial charge on any atom is 0.0306 e. The summed E-state index contributed by atoms with van der Waals surface area (Å²) in [6.45, 7) is 5.79. The van der Waals surface area contributed by atoms with E-state index in [2.05, 4.69) is 11.8 Å². The van der Waals surface area contributed by atoms with Crippen LogP contribution in [0.25, 0.3) is 0 Å². The van der Waals surface area contributed by atoms with Crippen LogP contribution >= 0.6 is 0 Å². The summed E-state index contributed by atoms with van der Waals surface area (Å²) < 4.78 is 0. The highest BCUT2D eigenvalue weighted by Crippen LogP contribution is 2.34. The van der Waals surface area contributed by atoms with Gasteiger partial charge in [-0.15, -0.1) is 0 Å². The van der Waals surface area contributed by atoms with Gasteiger partial charge in [0.15, 0.2) is 0 Å². The molecule has 0 bridgehead atoms. The number of nitrogens with zero attached hydrogens (tertiary/aromatic N) is 1. The van der Waals surface area contributed by atoms with Crippen molar-refractivity contribution < 1.29 is 0 Å². The molecule has 0 aromatic heterocycles. The molecule has 1 saturated carbocycles. The first-order valence-corrected chi connectivity index (χ1v) is 7.20. The average Bonchev–Trinajstić information content (AvgIpc) is 2.84. The van der Waals surface area contributed by atoms with Crippen LogP contribution in [0, 0.1) is 5.92 Å². The predicted octanol–water partition coefficient (Wildman–Crippen LogP) is 2.77. The normalized spacial score (nSPS) is 28.1. The van der Waals surface area contributed by atoms with Gasteiger partial charge >= 0.3 is 0 Å². The second-order valence-electron chi connectivity index (χ2n) is 6.10. The first-order valence-electron chi connectivity index (χ1n) is 7.20. The van der Waals surface area contributed by atoms with E-state index in [1.54, 1.807) is 0 Å². The SMILES string of the molecule is CC(CN)(CC1CCCCC1)N1CCCC1. The third kappa shape index (κ3) is 2.78. The summed E-state index contributed by atoms with van der Waals surface area (Å²) in [6, 6.07) is 0. The van der Waals surface area contributed by atoms with Gasteiger partial charge in [-0.2, -0.15) is 0 Å². The van der Waals surface area contributed by atoms with Crippen molar-refractivity contribution in [3.05, 3.63) is 0 Å². The summed E-state index contributed by atoms with van der Waals surface area (Å²) in [4.78, 5) is 2.65. The molecule has 2 rings (SSSR count). The summed E-state index contributed by atoms with van der Waals surface area (Å²) in [5, 5.41) is 0. The Bertz CT molecular complexity index is 205. The highest BCUT2D eigenvalue weighted by Gasteiger charge is 2.34. The van der Waals surface area contributed by atoms with E-state index in [9.17, 15) is 0 Å². The lowest BCUT2D eigenvalue weighted by Gasteiger charge is -2.41. The van der Waals surface area contributed by atoms with Gasteiger partial charge in [0.2, 0.25) is 0 Å². The fourth-order valence-electron chi connectivity index (χ4n) is 3.61. The molecule has 2 fully saturated rings. The van der Waals surface area contributed by atoms with Crippen LogP contribution in [0.15, 0.2) is 0 Å². The van der Waals surface area contributed by atoms with E-state index in [0.717, 1.165) is 12.5 Å². The van der Waals surface area contributed by atoms with E-state index in [1.807, 2.05) is 0 Å². The molecule has 0 radical (unpaired) electrons. The van der Waals surface area contributed by atoms with Crippen molar-refractivity contribution in [2.45, 2.75) is 63.8 Å². The van der Waals surface area contributed by atoms with Crippen LogP contribution in [0.2, 0.25) is 0 Å². The molecule has 1 unspecified atom stereocenters. The second kappa shape index (κ2) is 5.50. The van der Waals surface area contributed by atoms with Crippen LogP contribution in [0.3, 0.4) is 0 Å². The van der Waals surface area contributed by atoms with Crippen molar-refractivity contribution in [2.24, 2.45) is 11.7 Å². The topological polar surface area (TPSA) is 29.3 Å². The van der Waals surface area contributed by atoms with Crippen molar-refractivity contribution in [2.75, 3.05) is 19.6 Å². The van der Waals surface area contributed by atoms with Gasteiger partial charge in [0.25, 0.3) is 0 Å². The maximum atomic E-state index is 6.06. The lowest BCUT2D eigenvalue weighted by atomic mass is 9.79. The standard InChI is InChI=1S/C14H28N2/c1-14(12-15,16-9-5-6-10-16)11-13-7-3-2-4-8-13/h13H,2-12,15H2,1H3. The van der Waals surface area contributed by atoms with Crippen LogP contribution < -0.4 is 5.73 Å². The van der Waals surface area contributed by atoms with Gasteiger partial charge in [0.1, 0.15) is 0 Å². The van der Waals surface area contributed by atoms with Crippen LogP contribution in [0.4, 0.5) is 0 Å². The highest BCUT2D eigenvalue weighted by atomic mass is 15.2. The van der Waals surface area contributed by atoms with Gasteiger partial charge < -0.3 is 5.73 Å². The Kier molecular flexibility index (Phi) is 4.26. The van der Waals surface area contributed by atoms with E-state index in [4.69, 9.17) is 5.73 Å². The maximum absolute atomic E-state index is 6.06. The second-order valence-corrected chi connectivity index (χ2v) is 6.10. The van der Waals surface area contributed by atoms with Gasteiger partial charge in [-0.1, -0.05) is 32.1 Å². The zero-order valence-corrected chi connectivity index (χ0v) is 10.9. The molecular formula is C14H28N2. The van der Waals surface area contributed by atoms with E-state index in [1.165, 1.54) is 64.5 Å². The molecule has 0 aromatic rings. The Morgan fingerprint density at radius 3 is 2.25 bits per heavy atom. The molecule has 2 aliphatic rings.